The maximum absolute atomic E-state index is 12.6. The summed E-state index contributed by atoms with van der Waals surface area (Å²) in [6.07, 6.45) is -0.365. The summed E-state index contributed by atoms with van der Waals surface area (Å²) in [5.74, 6) is -0.258. The third kappa shape index (κ3) is 4.12. The van der Waals surface area contributed by atoms with Gasteiger partial charge < -0.3 is 9.15 Å². The molecule has 2 heterocycles. The second-order valence-electron chi connectivity index (χ2n) is 6.95. The predicted molar refractivity (Wildman–Crippen MR) is 110 cm³/mol. The SMILES string of the molecule is Cc1cccc(N2N=C(C(=O)O[C@H](C)c3nnc(-c4ccccc4)o3)CCC2=O)c1. The minimum Gasteiger partial charge on any atom is -0.448 e. The topological polar surface area (TPSA) is 97.9 Å². The van der Waals surface area contributed by atoms with Crippen LogP contribution in [0.15, 0.2) is 64.1 Å². The van der Waals surface area contributed by atoms with Gasteiger partial charge in [-0.05, 0) is 43.7 Å². The number of hydrogen-bond donors (Lipinski definition) is 0. The molecule has 1 aliphatic rings. The molecule has 1 amide bonds. The van der Waals surface area contributed by atoms with Gasteiger partial charge in [-0.15, -0.1) is 10.2 Å². The van der Waals surface area contributed by atoms with Gasteiger partial charge in [-0.1, -0.05) is 30.3 Å². The van der Waals surface area contributed by atoms with Gasteiger partial charge in [-0.25, -0.2) is 9.80 Å². The van der Waals surface area contributed by atoms with Gasteiger partial charge >= 0.3 is 5.97 Å². The van der Waals surface area contributed by atoms with Crippen LogP contribution in [-0.2, 0) is 14.3 Å². The number of rotatable bonds is 5. The number of amides is 1. The first-order chi connectivity index (χ1) is 14.5. The summed E-state index contributed by atoms with van der Waals surface area (Å²) in [5, 5.41) is 13.5. The molecular formula is C22H20N4O4. The Kier molecular flexibility index (Phi) is 5.38. The summed E-state index contributed by atoms with van der Waals surface area (Å²) < 4.78 is 11.1. The average molecular weight is 404 g/mol. The molecule has 2 aromatic carbocycles. The maximum Gasteiger partial charge on any atom is 0.355 e. The lowest BCUT2D eigenvalue weighted by Gasteiger charge is -2.23. The standard InChI is InChI=1S/C22H20N4O4/c1-14-7-6-10-17(13-14)26-19(27)12-11-18(25-26)22(28)29-15(2)20-23-24-21(30-20)16-8-4-3-5-9-16/h3-10,13,15H,11-12H2,1-2H3/t15-/m1/s1. The highest BCUT2D eigenvalue weighted by atomic mass is 16.6. The smallest absolute Gasteiger partial charge is 0.355 e. The third-order valence-electron chi connectivity index (χ3n) is 4.61. The fourth-order valence-corrected chi connectivity index (χ4v) is 3.04. The fourth-order valence-electron chi connectivity index (χ4n) is 3.04. The van der Waals surface area contributed by atoms with Crippen molar-refractivity contribution in [2.75, 3.05) is 5.01 Å². The van der Waals surface area contributed by atoms with Crippen LogP contribution in [0.1, 0.15) is 37.3 Å². The number of carbonyl (C=O) groups is 2. The quantitative estimate of drug-likeness (QED) is 0.600. The average Bonchev–Trinajstić information content (AvgIpc) is 3.25. The highest BCUT2D eigenvalue weighted by Crippen LogP contribution is 2.24. The minimum atomic E-state index is -0.754. The zero-order valence-corrected chi connectivity index (χ0v) is 16.6. The van der Waals surface area contributed by atoms with Crippen LogP contribution < -0.4 is 5.01 Å². The molecule has 152 valence electrons. The molecule has 0 N–H and O–H groups in total. The van der Waals surface area contributed by atoms with Gasteiger partial charge in [0.1, 0.15) is 5.71 Å². The van der Waals surface area contributed by atoms with Crippen molar-refractivity contribution in [2.45, 2.75) is 32.8 Å². The molecule has 4 rings (SSSR count). The Labute approximate surface area is 173 Å². The monoisotopic (exact) mass is 404 g/mol. The van der Waals surface area contributed by atoms with Crippen LogP contribution in [0, 0.1) is 6.92 Å². The Morgan fingerprint density at radius 2 is 1.90 bits per heavy atom. The second kappa shape index (κ2) is 8.28. The summed E-state index contributed by atoms with van der Waals surface area (Å²) >= 11 is 0. The molecule has 1 atom stereocenters. The molecule has 0 aliphatic carbocycles. The summed E-state index contributed by atoms with van der Waals surface area (Å²) in [7, 11) is 0. The van der Waals surface area contributed by atoms with Crippen LogP contribution in [0.5, 0.6) is 0 Å². The van der Waals surface area contributed by atoms with Crippen molar-refractivity contribution in [3.8, 4) is 11.5 Å². The largest absolute Gasteiger partial charge is 0.448 e. The van der Waals surface area contributed by atoms with Crippen LogP contribution in [0.4, 0.5) is 5.69 Å². The number of ether oxygens (including phenoxy) is 1. The molecule has 0 bridgehead atoms. The highest BCUT2D eigenvalue weighted by Gasteiger charge is 2.28. The molecule has 0 spiro atoms. The number of hydrazone groups is 1. The zero-order valence-electron chi connectivity index (χ0n) is 16.6. The van der Waals surface area contributed by atoms with Crippen molar-refractivity contribution in [3.05, 3.63) is 66.1 Å². The zero-order chi connectivity index (χ0) is 21.1. The van der Waals surface area contributed by atoms with E-state index >= 15 is 0 Å². The Bertz CT molecular complexity index is 1110. The van der Waals surface area contributed by atoms with E-state index in [1.807, 2.05) is 55.5 Å². The molecule has 0 radical (unpaired) electrons. The normalized spacial score (nSPS) is 14.9. The highest BCUT2D eigenvalue weighted by molar-refractivity contribution is 6.38. The van der Waals surface area contributed by atoms with Gasteiger partial charge in [0.25, 0.3) is 5.89 Å². The molecule has 3 aromatic rings. The summed E-state index contributed by atoms with van der Waals surface area (Å²) in [6, 6.07) is 16.7. The first kappa shape index (κ1) is 19.5. The van der Waals surface area contributed by atoms with Crippen LogP contribution in [0.2, 0.25) is 0 Å². The van der Waals surface area contributed by atoms with E-state index in [-0.39, 0.29) is 30.4 Å². The number of aryl methyl sites for hydroxylation is 1. The van der Waals surface area contributed by atoms with Gasteiger partial charge in [-0.2, -0.15) is 5.10 Å². The Morgan fingerprint density at radius 3 is 2.67 bits per heavy atom. The lowest BCUT2D eigenvalue weighted by Crippen LogP contribution is -2.35. The predicted octanol–water partition coefficient (Wildman–Crippen LogP) is 3.83. The molecular weight excluding hydrogens is 384 g/mol. The number of anilines is 1. The van der Waals surface area contributed by atoms with Crippen molar-refractivity contribution < 1.29 is 18.7 Å². The first-order valence-corrected chi connectivity index (χ1v) is 9.58. The number of aromatic nitrogens is 2. The fraction of sp³-hybridized carbons (Fsp3) is 0.227. The first-order valence-electron chi connectivity index (χ1n) is 9.58. The molecule has 8 heteroatoms. The van der Waals surface area contributed by atoms with Crippen LogP contribution >= 0.6 is 0 Å². The lowest BCUT2D eigenvalue weighted by atomic mass is 10.1. The summed E-state index contributed by atoms with van der Waals surface area (Å²) in [5.41, 5.74) is 2.55. The number of esters is 1. The maximum atomic E-state index is 12.6. The van der Waals surface area contributed by atoms with E-state index in [9.17, 15) is 9.59 Å². The third-order valence-corrected chi connectivity index (χ3v) is 4.61. The molecule has 0 unspecified atom stereocenters. The molecule has 30 heavy (non-hydrogen) atoms. The van der Waals surface area contributed by atoms with E-state index in [1.54, 1.807) is 13.0 Å². The van der Waals surface area contributed by atoms with E-state index < -0.39 is 12.1 Å². The van der Waals surface area contributed by atoms with E-state index in [0.717, 1.165) is 11.1 Å². The molecule has 1 aliphatic heterocycles. The van der Waals surface area contributed by atoms with E-state index in [2.05, 4.69) is 15.3 Å². The van der Waals surface area contributed by atoms with E-state index in [0.29, 0.717) is 11.6 Å². The summed E-state index contributed by atoms with van der Waals surface area (Å²) in [4.78, 5) is 24.9. The number of nitrogens with zero attached hydrogens (tertiary/aromatic N) is 4. The minimum absolute atomic E-state index is 0.172. The van der Waals surface area contributed by atoms with Gasteiger partial charge in [0, 0.05) is 18.4 Å². The summed E-state index contributed by atoms with van der Waals surface area (Å²) in [6.45, 7) is 3.57. The van der Waals surface area contributed by atoms with Gasteiger partial charge in [0.05, 0.1) is 5.69 Å². The van der Waals surface area contributed by atoms with Crippen LogP contribution in [-0.4, -0.2) is 27.8 Å². The second-order valence-corrected chi connectivity index (χ2v) is 6.95. The van der Waals surface area contributed by atoms with Crippen molar-refractivity contribution in [3.63, 3.8) is 0 Å². The van der Waals surface area contributed by atoms with Crippen molar-refractivity contribution in [1.82, 2.24) is 10.2 Å². The van der Waals surface area contributed by atoms with E-state index in [4.69, 9.17) is 9.15 Å². The van der Waals surface area contributed by atoms with Gasteiger partial charge in [-0.3, -0.25) is 4.79 Å². The lowest BCUT2D eigenvalue weighted by molar-refractivity contribution is -0.141. The van der Waals surface area contributed by atoms with Gasteiger partial charge in [0.15, 0.2) is 6.10 Å². The van der Waals surface area contributed by atoms with Crippen LogP contribution in [0.3, 0.4) is 0 Å². The van der Waals surface area contributed by atoms with Crippen molar-refractivity contribution in [1.29, 1.82) is 0 Å². The molecule has 8 nitrogen and oxygen atoms in total. The Balaban J connectivity index is 1.48. The van der Waals surface area contributed by atoms with E-state index in [1.165, 1.54) is 5.01 Å². The molecule has 1 aromatic heterocycles. The van der Waals surface area contributed by atoms with Crippen molar-refractivity contribution >= 4 is 23.3 Å². The molecule has 0 fully saturated rings. The number of benzene rings is 2. The Hall–Kier alpha value is -3.81. The van der Waals surface area contributed by atoms with Crippen LogP contribution in [0.25, 0.3) is 11.5 Å². The Morgan fingerprint density at radius 1 is 1.10 bits per heavy atom. The molecule has 0 saturated heterocycles. The molecule has 0 saturated carbocycles. The van der Waals surface area contributed by atoms with Gasteiger partial charge in [0.2, 0.25) is 11.8 Å². The number of carbonyl (C=O) groups excluding carboxylic acids is 2. The number of hydrogen-bond acceptors (Lipinski definition) is 7. The van der Waals surface area contributed by atoms with Crippen molar-refractivity contribution in [2.24, 2.45) is 5.10 Å².